The first-order chi connectivity index (χ1) is 13.4. The largest absolute Gasteiger partial charge is 0.550 e. The van der Waals surface area contributed by atoms with E-state index in [4.69, 9.17) is 0 Å². The van der Waals surface area contributed by atoms with Crippen LogP contribution in [0.4, 0.5) is 0 Å². The van der Waals surface area contributed by atoms with Crippen molar-refractivity contribution in [2.75, 3.05) is 32.8 Å². The Morgan fingerprint density at radius 3 is 1.71 bits per heavy atom. The predicted octanol–water partition coefficient (Wildman–Crippen LogP) is 1.99. The second kappa shape index (κ2) is 17.2. The van der Waals surface area contributed by atoms with Crippen LogP contribution in [-0.2, 0) is 4.79 Å². The van der Waals surface area contributed by atoms with Crippen molar-refractivity contribution in [1.29, 1.82) is 0 Å². The van der Waals surface area contributed by atoms with E-state index in [1.165, 1.54) is 0 Å². The molecule has 0 heterocycles. The summed E-state index contributed by atoms with van der Waals surface area (Å²) in [4.78, 5) is 10.8. The van der Waals surface area contributed by atoms with Crippen molar-refractivity contribution < 1.29 is 29.7 Å². The summed E-state index contributed by atoms with van der Waals surface area (Å²) in [6, 6.07) is 0. The van der Waals surface area contributed by atoms with E-state index in [9.17, 15) is 25.2 Å². The summed E-state index contributed by atoms with van der Waals surface area (Å²) in [5.74, 6) is -1.08. The second-order valence-electron chi connectivity index (χ2n) is 8.36. The third-order valence-corrected chi connectivity index (χ3v) is 5.57. The number of hydrogen-bond acceptors (Lipinski definition) is 5. The van der Waals surface area contributed by atoms with Crippen LogP contribution in [0, 0.1) is 0 Å². The summed E-state index contributed by atoms with van der Waals surface area (Å²) in [6.07, 6.45) is 9.53. The first kappa shape index (κ1) is 27.3. The van der Waals surface area contributed by atoms with Crippen LogP contribution >= 0.6 is 0 Å². The zero-order chi connectivity index (χ0) is 21.3. The Hall–Kier alpha value is -0.690. The van der Waals surface area contributed by atoms with E-state index in [-0.39, 0.29) is 13.0 Å². The van der Waals surface area contributed by atoms with E-state index < -0.39 is 18.2 Å². The quantitative estimate of drug-likeness (QED) is 0.213. The Balaban J connectivity index is 4.87. The molecule has 0 aliphatic carbocycles. The molecule has 3 N–H and O–H groups in total. The van der Waals surface area contributed by atoms with Gasteiger partial charge in [-0.1, -0.05) is 65.2 Å². The van der Waals surface area contributed by atoms with Gasteiger partial charge in [0.15, 0.2) is 0 Å². The maximum atomic E-state index is 10.8. The van der Waals surface area contributed by atoms with Crippen LogP contribution in [0.1, 0.15) is 90.9 Å². The molecule has 0 aromatic rings. The number of aliphatic hydroxyl groups excluding tert-OH is 3. The summed E-state index contributed by atoms with van der Waals surface area (Å²) in [5.41, 5.74) is 0. The van der Waals surface area contributed by atoms with Crippen LogP contribution in [0.2, 0.25) is 0 Å². The Kier molecular flexibility index (Phi) is 16.8. The van der Waals surface area contributed by atoms with Gasteiger partial charge < -0.3 is 29.7 Å². The predicted molar refractivity (Wildman–Crippen MR) is 111 cm³/mol. The zero-order valence-electron chi connectivity index (χ0n) is 18.3. The molecular formula is C22H45NO5. The van der Waals surface area contributed by atoms with Crippen molar-refractivity contribution in [2.45, 2.75) is 103 Å². The molecule has 0 spiro atoms. The summed E-state index contributed by atoms with van der Waals surface area (Å²) in [6.45, 7) is 6.10. The van der Waals surface area contributed by atoms with E-state index in [2.05, 4.69) is 13.8 Å². The van der Waals surface area contributed by atoms with E-state index >= 15 is 0 Å². The number of quaternary nitrogens is 1. The molecule has 6 heteroatoms. The summed E-state index contributed by atoms with van der Waals surface area (Å²) in [5, 5.41) is 41.6. The number of aliphatic hydroxyl groups is 3. The molecule has 0 bridgehead atoms. The van der Waals surface area contributed by atoms with E-state index in [1.54, 1.807) is 0 Å². The van der Waals surface area contributed by atoms with Crippen molar-refractivity contribution in [1.82, 2.24) is 0 Å². The maximum absolute atomic E-state index is 10.8. The Labute approximate surface area is 172 Å². The smallest absolute Gasteiger partial charge is 0.105 e. The van der Waals surface area contributed by atoms with Gasteiger partial charge in [-0.25, -0.2) is 0 Å². The molecule has 6 nitrogen and oxygen atoms in total. The number of unbranched alkanes of at least 4 members (excludes halogenated alkanes) is 6. The lowest BCUT2D eigenvalue weighted by Crippen LogP contribution is -2.57. The molecule has 28 heavy (non-hydrogen) atoms. The Morgan fingerprint density at radius 1 is 0.821 bits per heavy atom. The zero-order valence-corrected chi connectivity index (χ0v) is 18.3. The van der Waals surface area contributed by atoms with Crippen LogP contribution in [0.25, 0.3) is 0 Å². The fraction of sp³-hybridized carbons (Fsp3) is 0.955. The molecule has 168 valence electrons. The number of carbonyl (C=O) groups excluding carboxylic acids is 1. The normalized spacial score (nSPS) is 15.9. The molecular weight excluding hydrogens is 358 g/mol. The topological polar surface area (TPSA) is 101 Å². The van der Waals surface area contributed by atoms with Gasteiger partial charge in [0.25, 0.3) is 0 Å². The molecule has 0 aliphatic heterocycles. The Bertz CT molecular complexity index is 358. The number of nitrogens with zero attached hydrogens (tertiary/aromatic N) is 1. The van der Waals surface area contributed by atoms with Crippen LogP contribution in [-0.4, -0.2) is 70.8 Å². The maximum Gasteiger partial charge on any atom is 0.105 e. The minimum absolute atomic E-state index is 0.0371. The highest BCUT2D eigenvalue weighted by Crippen LogP contribution is 2.18. The standard InChI is InChI=1S/C22H45NO5/c1-3-5-7-9-12-20(25)18-23(16-17-24,15-11-14-22(27)28)19-21(26)13-10-8-6-4-2/h20-21,24-26H,3-19H2,1-2H3. The van der Waals surface area contributed by atoms with Gasteiger partial charge in [0.1, 0.15) is 31.8 Å². The van der Waals surface area contributed by atoms with Gasteiger partial charge in [0, 0.05) is 12.4 Å². The molecule has 0 rings (SSSR count). The van der Waals surface area contributed by atoms with Crippen LogP contribution in [0.3, 0.4) is 0 Å². The SMILES string of the molecule is CCCCCCC(O)C[N+](CCO)(CCCC(=O)[O-])CC(O)CCCCCC. The lowest BCUT2D eigenvalue weighted by Gasteiger charge is -2.41. The van der Waals surface area contributed by atoms with Crippen molar-refractivity contribution in [3.63, 3.8) is 0 Å². The Morgan fingerprint density at radius 2 is 1.32 bits per heavy atom. The molecule has 0 amide bonds. The molecule has 0 fully saturated rings. The van der Waals surface area contributed by atoms with Crippen molar-refractivity contribution in [3.8, 4) is 0 Å². The van der Waals surface area contributed by atoms with Gasteiger partial charge in [0.2, 0.25) is 0 Å². The minimum atomic E-state index is -1.08. The molecule has 0 saturated carbocycles. The summed E-state index contributed by atoms with van der Waals surface area (Å²) < 4.78 is 0.369. The first-order valence-corrected chi connectivity index (χ1v) is 11.4. The number of carboxylic acids is 1. The third-order valence-electron chi connectivity index (χ3n) is 5.57. The monoisotopic (exact) mass is 403 g/mol. The third kappa shape index (κ3) is 14.3. The minimum Gasteiger partial charge on any atom is -0.550 e. The van der Waals surface area contributed by atoms with Crippen molar-refractivity contribution in [3.05, 3.63) is 0 Å². The van der Waals surface area contributed by atoms with Crippen molar-refractivity contribution >= 4 is 5.97 Å². The molecule has 0 saturated heterocycles. The molecule has 0 aromatic carbocycles. The van der Waals surface area contributed by atoms with Crippen LogP contribution < -0.4 is 5.11 Å². The van der Waals surface area contributed by atoms with E-state index in [0.29, 0.717) is 49.9 Å². The number of aliphatic carboxylic acids is 1. The molecule has 0 aromatic heterocycles. The molecule has 2 atom stereocenters. The highest BCUT2D eigenvalue weighted by molar-refractivity contribution is 5.64. The van der Waals surface area contributed by atoms with E-state index in [1.807, 2.05) is 0 Å². The van der Waals surface area contributed by atoms with Gasteiger partial charge in [-0.2, -0.15) is 0 Å². The second-order valence-corrected chi connectivity index (χ2v) is 8.36. The first-order valence-electron chi connectivity index (χ1n) is 11.4. The number of rotatable bonds is 20. The average molecular weight is 404 g/mol. The average Bonchev–Trinajstić information content (AvgIpc) is 2.62. The number of carbonyl (C=O) groups is 1. The van der Waals surface area contributed by atoms with Gasteiger partial charge in [0.05, 0.1) is 13.2 Å². The van der Waals surface area contributed by atoms with Crippen LogP contribution in [0.15, 0.2) is 0 Å². The highest BCUT2D eigenvalue weighted by Gasteiger charge is 2.32. The molecule has 0 aliphatic rings. The summed E-state index contributed by atoms with van der Waals surface area (Å²) in [7, 11) is 0. The lowest BCUT2D eigenvalue weighted by molar-refractivity contribution is -0.934. The lowest BCUT2D eigenvalue weighted by atomic mass is 10.0. The molecule has 0 radical (unpaired) electrons. The van der Waals surface area contributed by atoms with Gasteiger partial charge in [-0.15, -0.1) is 0 Å². The van der Waals surface area contributed by atoms with Gasteiger partial charge in [-0.05, 0) is 19.3 Å². The fourth-order valence-electron chi connectivity index (χ4n) is 4.01. The number of carboxylic acid groups (broad SMARTS) is 1. The van der Waals surface area contributed by atoms with Gasteiger partial charge >= 0.3 is 0 Å². The molecule has 2 unspecified atom stereocenters. The van der Waals surface area contributed by atoms with E-state index in [0.717, 1.165) is 51.4 Å². The summed E-state index contributed by atoms with van der Waals surface area (Å²) >= 11 is 0. The fourth-order valence-corrected chi connectivity index (χ4v) is 4.01. The van der Waals surface area contributed by atoms with Crippen LogP contribution in [0.5, 0.6) is 0 Å². The van der Waals surface area contributed by atoms with Gasteiger partial charge in [-0.3, -0.25) is 0 Å². The number of hydrogen-bond donors (Lipinski definition) is 3. The van der Waals surface area contributed by atoms with Crippen molar-refractivity contribution in [2.24, 2.45) is 0 Å². The highest BCUT2D eigenvalue weighted by atomic mass is 16.4.